The zero-order valence-electron chi connectivity index (χ0n) is 14.8. The first-order chi connectivity index (χ1) is 12.2. The minimum atomic E-state index is 0.0648. The summed E-state index contributed by atoms with van der Waals surface area (Å²) in [4.78, 5) is 14.5. The molecule has 2 aromatic carbocycles. The Balaban J connectivity index is 1.45. The Kier molecular flexibility index (Phi) is 6.07. The maximum absolute atomic E-state index is 12.1. The number of anilines is 1. The van der Waals surface area contributed by atoms with E-state index >= 15 is 0 Å². The normalized spacial score (nSPS) is 17.9. The highest BCUT2D eigenvalue weighted by Gasteiger charge is 2.16. The van der Waals surface area contributed by atoms with Crippen LogP contribution in [0.15, 0.2) is 54.6 Å². The van der Waals surface area contributed by atoms with Crippen LogP contribution in [-0.2, 0) is 4.79 Å². The number of nitrogens with one attached hydrogen (secondary N) is 1. The molecule has 0 aliphatic carbocycles. The molecule has 1 heterocycles. The number of amides is 1. The standard InChI is InChI=1S/C21H26N2O2/c1-17-6-5-14-23(16-17)15-13-21(24)22-18-9-11-20(12-10-18)25-19-7-3-2-4-8-19/h2-4,7-12,17H,5-6,13-16H2,1H3,(H,22,24). The number of nitrogens with zero attached hydrogens (tertiary/aromatic N) is 1. The van der Waals surface area contributed by atoms with Gasteiger partial charge in [-0.05, 0) is 61.7 Å². The highest BCUT2D eigenvalue weighted by molar-refractivity contribution is 5.90. The lowest BCUT2D eigenvalue weighted by molar-refractivity contribution is -0.116. The van der Waals surface area contributed by atoms with Crippen LogP contribution in [0.25, 0.3) is 0 Å². The number of carbonyl (C=O) groups is 1. The molecule has 2 aromatic rings. The zero-order valence-corrected chi connectivity index (χ0v) is 14.8. The summed E-state index contributed by atoms with van der Waals surface area (Å²) in [7, 11) is 0. The molecule has 0 radical (unpaired) electrons. The zero-order chi connectivity index (χ0) is 17.5. The van der Waals surface area contributed by atoms with Crippen LogP contribution in [0.3, 0.4) is 0 Å². The number of rotatable bonds is 6. The minimum absolute atomic E-state index is 0.0648. The summed E-state index contributed by atoms with van der Waals surface area (Å²) in [6.45, 7) is 5.35. The Morgan fingerprint density at radius 2 is 1.84 bits per heavy atom. The van der Waals surface area contributed by atoms with Gasteiger partial charge in [0, 0.05) is 25.2 Å². The lowest BCUT2D eigenvalue weighted by atomic mass is 10.0. The van der Waals surface area contributed by atoms with Crippen LogP contribution in [0.4, 0.5) is 5.69 Å². The number of hydrogen-bond donors (Lipinski definition) is 1. The number of likely N-dealkylation sites (tertiary alicyclic amines) is 1. The van der Waals surface area contributed by atoms with Crippen LogP contribution in [-0.4, -0.2) is 30.4 Å². The minimum Gasteiger partial charge on any atom is -0.457 e. The monoisotopic (exact) mass is 338 g/mol. The van der Waals surface area contributed by atoms with Gasteiger partial charge in [-0.15, -0.1) is 0 Å². The van der Waals surface area contributed by atoms with Crippen LogP contribution in [0.5, 0.6) is 11.5 Å². The van der Waals surface area contributed by atoms with Crippen molar-refractivity contribution in [1.82, 2.24) is 4.90 Å². The van der Waals surface area contributed by atoms with E-state index in [9.17, 15) is 4.79 Å². The van der Waals surface area contributed by atoms with E-state index in [0.29, 0.717) is 6.42 Å². The lowest BCUT2D eigenvalue weighted by Gasteiger charge is -2.30. The number of ether oxygens (including phenoxy) is 1. The third kappa shape index (κ3) is 5.61. The second-order valence-corrected chi connectivity index (χ2v) is 6.79. The van der Waals surface area contributed by atoms with Crippen molar-refractivity contribution < 1.29 is 9.53 Å². The first kappa shape index (κ1) is 17.5. The van der Waals surface area contributed by atoms with E-state index < -0.39 is 0 Å². The Morgan fingerprint density at radius 1 is 1.12 bits per heavy atom. The van der Waals surface area contributed by atoms with Crippen molar-refractivity contribution in [2.45, 2.75) is 26.2 Å². The van der Waals surface area contributed by atoms with E-state index in [-0.39, 0.29) is 5.91 Å². The van der Waals surface area contributed by atoms with Crippen molar-refractivity contribution in [3.63, 3.8) is 0 Å². The molecule has 3 rings (SSSR count). The molecule has 1 fully saturated rings. The van der Waals surface area contributed by atoms with Gasteiger partial charge in [0.25, 0.3) is 0 Å². The number of hydrogen-bond acceptors (Lipinski definition) is 3. The third-order valence-corrected chi connectivity index (χ3v) is 4.51. The van der Waals surface area contributed by atoms with Gasteiger partial charge in [0.1, 0.15) is 11.5 Å². The molecule has 0 aromatic heterocycles. The van der Waals surface area contributed by atoms with Crippen molar-refractivity contribution in [3.05, 3.63) is 54.6 Å². The summed E-state index contributed by atoms with van der Waals surface area (Å²) in [5.41, 5.74) is 0.803. The fourth-order valence-electron chi connectivity index (χ4n) is 3.20. The van der Waals surface area contributed by atoms with Gasteiger partial charge < -0.3 is 15.0 Å². The molecule has 25 heavy (non-hydrogen) atoms. The average Bonchev–Trinajstić information content (AvgIpc) is 2.63. The van der Waals surface area contributed by atoms with E-state index in [1.54, 1.807) is 0 Å². The van der Waals surface area contributed by atoms with Crippen molar-refractivity contribution in [3.8, 4) is 11.5 Å². The van der Waals surface area contributed by atoms with Gasteiger partial charge in [-0.3, -0.25) is 4.79 Å². The smallest absolute Gasteiger partial charge is 0.225 e. The first-order valence-electron chi connectivity index (χ1n) is 9.04. The van der Waals surface area contributed by atoms with E-state index in [1.807, 2.05) is 54.6 Å². The van der Waals surface area contributed by atoms with Crippen molar-refractivity contribution in [2.24, 2.45) is 5.92 Å². The molecule has 1 aliphatic heterocycles. The van der Waals surface area contributed by atoms with Gasteiger partial charge in [0.15, 0.2) is 0 Å². The second kappa shape index (κ2) is 8.67. The molecule has 1 amide bonds. The van der Waals surface area contributed by atoms with Gasteiger partial charge in [-0.2, -0.15) is 0 Å². The molecular weight excluding hydrogens is 312 g/mol. The lowest BCUT2D eigenvalue weighted by Crippen LogP contribution is -2.36. The molecule has 0 spiro atoms. The van der Waals surface area contributed by atoms with Crippen LogP contribution in [0.2, 0.25) is 0 Å². The molecule has 1 unspecified atom stereocenters. The Labute approximate surface area is 149 Å². The molecule has 0 bridgehead atoms. The number of para-hydroxylation sites is 1. The Bertz CT molecular complexity index is 670. The summed E-state index contributed by atoms with van der Waals surface area (Å²) >= 11 is 0. The van der Waals surface area contributed by atoms with Gasteiger partial charge in [0.2, 0.25) is 5.91 Å². The summed E-state index contributed by atoms with van der Waals surface area (Å²) in [6, 6.07) is 17.1. The first-order valence-corrected chi connectivity index (χ1v) is 9.04. The molecular formula is C21H26N2O2. The molecule has 0 saturated carbocycles. The van der Waals surface area contributed by atoms with Crippen LogP contribution >= 0.6 is 0 Å². The van der Waals surface area contributed by atoms with Gasteiger partial charge >= 0.3 is 0 Å². The summed E-state index contributed by atoms with van der Waals surface area (Å²) < 4.78 is 5.76. The van der Waals surface area contributed by atoms with Crippen LogP contribution in [0.1, 0.15) is 26.2 Å². The van der Waals surface area contributed by atoms with E-state index in [2.05, 4.69) is 17.1 Å². The summed E-state index contributed by atoms with van der Waals surface area (Å²) in [5.74, 6) is 2.37. The van der Waals surface area contributed by atoms with Crippen molar-refractivity contribution in [2.75, 3.05) is 25.0 Å². The fourth-order valence-corrected chi connectivity index (χ4v) is 3.20. The van der Waals surface area contributed by atoms with Gasteiger partial charge in [0.05, 0.1) is 0 Å². The van der Waals surface area contributed by atoms with E-state index in [1.165, 1.54) is 12.8 Å². The maximum Gasteiger partial charge on any atom is 0.225 e. The fraction of sp³-hybridized carbons (Fsp3) is 0.381. The molecule has 1 saturated heterocycles. The molecule has 1 atom stereocenters. The molecule has 1 N–H and O–H groups in total. The second-order valence-electron chi connectivity index (χ2n) is 6.79. The summed E-state index contributed by atoms with van der Waals surface area (Å²) in [5, 5.41) is 2.96. The third-order valence-electron chi connectivity index (χ3n) is 4.51. The molecule has 4 heteroatoms. The van der Waals surface area contributed by atoms with E-state index in [4.69, 9.17) is 4.74 Å². The number of carbonyl (C=O) groups excluding carboxylic acids is 1. The van der Waals surface area contributed by atoms with Crippen LogP contribution < -0.4 is 10.1 Å². The van der Waals surface area contributed by atoms with Crippen LogP contribution in [0, 0.1) is 5.92 Å². The maximum atomic E-state index is 12.1. The van der Waals surface area contributed by atoms with Gasteiger partial charge in [-0.25, -0.2) is 0 Å². The predicted molar refractivity (Wildman–Crippen MR) is 101 cm³/mol. The quantitative estimate of drug-likeness (QED) is 0.841. The average molecular weight is 338 g/mol. The highest BCUT2D eigenvalue weighted by Crippen LogP contribution is 2.22. The van der Waals surface area contributed by atoms with Crippen molar-refractivity contribution >= 4 is 11.6 Å². The van der Waals surface area contributed by atoms with Crippen molar-refractivity contribution in [1.29, 1.82) is 0 Å². The molecule has 4 nitrogen and oxygen atoms in total. The largest absolute Gasteiger partial charge is 0.457 e. The Morgan fingerprint density at radius 3 is 2.56 bits per heavy atom. The highest BCUT2D eigenvalue weighted by atomic mass is 16.5. The topological polar surface area (TPSA) is 41.6 Å². The predicted octanol–water partition coefficient (Wildman–Crippen LogP) is 4.54. The molecule has 132 valence electrons. The summed E-state index contributed by atoms with van der Waals surface area (Å²) in [6.07, 6.45) is 3.08. The Hall–Kier alpha value is -2.33. The number of benzene rings is 2. The van der Waals surface area contributed by atoms with Gasteiger partial charge in [-0.1, -0.05) is 25.1 Å². The number of piperidine rings is 1. The molecule has 1 aliphatic rings. The SMILES string of the molecule is CC1CCCN(CCC(=O)Nc2ccc(Oc3ccccc3)cc2)C1. The van der Waals surface area contributed by atoms with E-state index in [0.717, 1.165) is 42.7 Å².